The lowest BCUT2D eigenvalue weighted by Crippen LogP contribution is -2.17. The predicted molar refractivity (Wildman–Crippen MR) is 61.0 cm³/mol. The summed E-state index contributed by atoms with van der Waals surface area (Å²) in [4.78, 5) is 27.5. The van der Waals surface area contributed by atoms with E-state index in [4.69, 9.17) is 9.59 Å². The summed E-state index contributed by atoms with van der Waals surface area (Å²) in [6.45, 7) is 3.63. The number of rotatable bonds is 1. The van der Waals surface area contributed by atoms with Crippen LogP contribution in [0, 0.1) is 24.5 Å². The summed E-state index contributed by atoms with van der Waals surface area (Å²) in [5, 5.41) is 2.61. The second kappa shape index (κ2) is 6.20. The van der Waals surface area contributed by atoms with Gasteiger partial charge < -0.3 is 5.32 Å². The van der Waals surface area contributed by atoms with Crippen molar-refractivity contribution >= 4 is 12.1 Å². The lowest BCUT2D eigenvalue weighted by atomic mass is 9.88. The first-order valence-corrected chi connectivity index (χ1v) is 5.64. The van der Waals surface area contributed by atoms with Crippen molar-refractivity contribution in [2.75, 3.05) is 6.54 Å². The van der Waals surface area contributed by atoms with Crippen LogP contribution in [0.1, 0.15) is 24.0 Å². The third kappa shape index (κ3) is 3.23. The molecular weight excluding hydrogens is 256 g/mol. The Morgan fingerprint density at radius 1 is 1.26 bits per heavy atom. The highest BCUT2D eigenvalue weighted by Gasteiger charge is 2.35. The largest absolute Gasteiger partial charge is 0.373 e. The fraction of sp³-hybridized carbons (Fsp3) is 0.385. The molecule has 2 atom stereocenters. The maximum absolute atomic E-state index is 13.7. The molecule has 1 N–H and O–H groups in total. The fourth-order valence-corrected chi connectivity index (χ4v) is 2.15. The number of amides is 1. The Hall–Kier alpha value is -2.07. The van der Waals surface area contributed by atoms with Gasteiger partial charge in [0.1, 0.15) is 11.6 Å². The molecule has 0 aliphatic carbocycles. The summed E-state index contributed by atoms with van der Waals surface area (Å²) in [6, 6.07) is 2.60. The second-order valence-electron chi connectivity index (χ2n) is 4.37. The first-order valence-electron chi connectivity index (χ1n) is 5.64. The lowest BCUT2D eigenvalue weighted by molar-refractivity contribution is -0.191. The molecule has 0 aromatic heterocycles. The van der Waals surface area contributed by atoms with Crippen LogP contribution in [0.5, 0.6) is 0 Å². The summed E-state index contributed by atoms with van der Waals surface area (Å²) in [5.74, 6) is -2.07. The minimum Gasteiger partial charge on any atom is -0.355 e. The normalized spacial score (nSPS) is 21.2. The molecule has 1 aliphatic heterocycles. The third-order valence-corrected chi connectivity index (χ3v) is 3.11. The Balaban J connectivity index is 0.000000550. The van der Waals surface area contributed by atoms with Crippen molar-refractivity contribution < 1.29 is 23.2 Å². The number of nitrogens with one attached hydrogen (secondary N) is 1. The zero-order chi connectivity index (χ0) is 14.6. The highest BCUT2D eigenvalue weighted by atomic mass is 19.1. The number of carbonyl (C=O) groups is 1. The van der Waals surface area contributed by atoms with E-state index in [-0.39, 0.29) is 23.5 Å². The topological polar surface area (TPSA) is 63.2 Å². The summed E-state index contributed by atoms with van der Waals surface area (Å²) in [6.07, 6.45) is 0.250. The summed E-state index contributed by atoms with van der Waals surface area (Å²) in [7, 11) is 0. The van der Waals surface area contributed by atoms with Crippen LogP contribution < -0.4 is 5.32 Å². The van der Waals surface area contributed by atoms with Crippen LogP contribution in [-0.2, 0) is 14.4 Å². The molecule has 0 bridgehead atoms. The lowest BCUT2D eigenvalue weighted by Gasteiger charge is -2.15. The molecule has 0 unspecified atom stereocenters. The third-order valence-electron chi connectivity index (χ3n) is 3.11. The quantitative estimate of drug-likeness (QED) is 0.841. The molecule has 1 fully saturated rings. The van der Waals surface area contributed by atoms with Crippen molar-refractivity contribution in [3.63, 3.8) is 0 Å². The Bertz CT molecular complexity index is 502. The molecule has 1 amide bonds. The molecule has 1 saturated heterocycles. The number of aryl methyl sites for hydroxylation is 1. The van der Waals surface area contributed by atoms with Crippen molar-refractivity contribution in [2.45, 2.75) is 19.8 Å². The van der Waals surface area contributed by atoms with Crippen molar-refractivity contribution in [1.29, 1.82) is 0 Å². The van der Waals surface area contributed by atoms with Gasteiger partial charge in [-0.25, -0.2) is 8.78 Å². The Morgan fingerprint density at radius 2 is 1.74 bits per heavy atom. The Morgan fingerprint density at radius 3 is 2.11 bits per heavy atom. The standard InChI is InChI=1S/C12H13F2NO.CO2/c1-6-3-9(13)11(10(14)4-6)8-5-15-12(16)7(8)2;2-1-3/h3-4,7-8H,5H2,1-2H3,(H,15,16);/t7-,8-;/m0./s1. The monoisotopic (exact) mass is 269 g/mol. The van der Waals surface area contributed by atoms with E-state index in [0.717, 1.165) is 0 Å². The molecule has 0 spiro atoms. The number of hydrogen-bond acceptors (Lipinski definition) is 3. The molecule has 0 radical (unpaired) electrons. The van der Waals surface area contributed by atoms with Crippen LogP contribution >= 0.6 is 0 Å². The zero-order valence-corrected chi connectivity index (χ0v) is 10.5. The van der Waals surface area contributed by atoms with Crippen molar-refractivity contribution in [3.8, 4) is 0 Å². The molecule has 4 nitrogen and oxygen atoms in total. The van der Waals surface area contributed by atoms with Gasteiger partial charge in [0.05, 0.1) is 0 Å². The maximum Gasteiger partial charge on any atom is 0.373 e. The summed E-state index contributed by atoms with van der Waals surface area (Å²) >= 11 is 0. The van der Waals surface area contributed by atoms with Crippen LogP contribution in [0.3, 0.4) is 0 Å². The van der Waals surface area contributed by atoms with Gasteiger partial charge in [0.15, 0.2) is 0 Å². The van der Waals surface area contributed by atoms with E-state index in [9.17, 15) is 13.6 Å². The zero-order valence-electron chi connectivity index (χ0n) is 10.5. The van der Waals surface area contributed by atoms with Crippen molar-refractivity contribution in [3.05, 3.63) is 34.9 Å². The number of benzene rings is 1. The molecule has 0 saturated carbocycles. The highest BCUT2D eigenvalue weighted by molar-refractivity contribution is 5.82. The van der Waals surface area contributed by atoms with Gasteiger partial charge in [-0.15, -0.1) is 0 Å². The van der Waals surface area contributed by atoms with Gasteiger partial charge in [-0.05, 0) is 24.6 Å². The van der Waals surface area contributed by atoms with Crippen LogP contribution in [0.25, 0.3) is 0 Å². The Kier molecular flexibility index (Phi) is 4.89. The van der Waals surface area contributed by atoms with Gasteiger partial charge in [-0.1, -0.05) is 6.92 Å². The molecule has 19 heavy (non-hydrogen) atoms. The second-order valence-corrected chi connectivity index (χ2v) is 4.37. The maximum atomic E-state index is 13.7. The van der Waals surface area contributed by atoms with Gasteiger partial charge in [-0.2, -0.15) is 9.59 Å². The van der Waals surface area contributed by atoms with Crippen molar-refractivity contribution in [2.24, 2.45) is 5.92 Å². The van der Waals surface area contributed by atoms with Gasteiger partial charge in [0, 0.05) is 23.9 Å². The molecule has 6 heteroatoms. The van der Waals surface area contributed by atoms with Crippen molar-refractivity contribution in [1.82, 2.24) is 5.32 Å². The molecule has 1 heterocycles. The van der Waals surface area contributed by atoms with Crippen LogP contribution in [0.2, 0.25) is 0 Å². The number of hydrogen-bond donors (Lipinski definition) is 1. The molecule has 1 aromatic carbocycles. The predicted octanol–water partition coefficient (Wildman–Crippen LogP) is 1.54. The van der Waals surface area contributed by atoms with Crippen LogP contribution in [-0.4, -0.2) is 18.6 Å². The Labute approximate surface area is 108 Å². The van der Waals surface area contributed by atoms with Gasteiger partial charge >= 0.3 is 6.15 Å². The van der Waals surface area contributed by atoms with Gasteiger partial charge in [-0.3, -0.25) is 4.79 Å². The summed E-state index contributed by atoms with van der Waals surface area (Å²) < 4.78 is 27.4. The highest BCUT2D eigenvalue weighted by Crippen LogP contribution is 2.32. The summed E-state index contributed by atoms with van der Waals surface area (Å²) in [5.41, 5.74) is 0.570. The number of carbonyl (C=O) groups excluding carboxylic acids is 3. The number of halogens is 2. The minimum absolute atomic E-state index is 0.0245. The van der Waals surface area contributed by atoms with Crippen LogP contribution in [0.4, 0.5) is 8.78 Å². The van der Waals surface area contributed by atoms with E-state index >= 15 is 0 Å². The first-order chi connectivity index (χ1) is 8.92. The molecule has 102 valence electrons. The molecule has 1 aromatic rings. The molecule has 2 rings (SSSR count). The average Bonchev–Trinajstić information content (AvgIpc) is 2.61. The van der Waals surface area contributed by atoms with Gasteiger partial charge in [0.2, 0.25) is 5.91 Å². The van der Waals surface area contributed by atoms with Gasteiger partial charge in [0.25, 0.3) is 0 Å². The van der Waals surface area contributed by atoms with Crippen LogP contribution in [0.15, 0.2) is 12.1 Å². The SMILES string of the molecule is Cc1cc(F)c([C@H]2CNC(=O)[C@H]2C)c(F)c1.O=C=O. The van der Waals surface area contributed by atoms with E-state index in [1.54, 1.807) is 13.8 Å². The first kappa shape index (κ1) is 15.0. The van der Waals surface area contributed by atoms with E-state index in [1.165, 1.54) is 12.1 Å². The van der Waals surface area contributed by atoms with E-state index in [2.05, 4.69) is 5.32 Å². The van der Waals surface area contributed by atoms with E-state index < -0.39 is 17.6 Å². The smallest absolute Gasteiger partial charge is 0.355 e. The molecular formula is C13H13F2NO3. The van der Waals surface area contributed by atoms with E-state index in [1.807, 2.05) is 0 Å². The molecule has 1 aliphatic rings. The van der Waals surface area contributed by atoms with E-state index in [0.29, 0.717) is 12.1 Å². The minimum atomic E-state index is -0.564. The fourth-order valence-electron chi connectivity index (χ4n) is 2.15. The average molecular weight is 269 g/mol.